The van der Waals surface area contributed by atoms with Gasteiger partial charge in [0.15, 0.2) is 6.61 Å². The van der Waals surface area contributed by atoms with Gasteiger partial charge < -0.3 is 14.6 Å². The van der Waals surface area contributed by atoms with Gasteiger partial charge in [0.25, 0.3) is 5.91 Å². The van der Waals surface area contributed by atoms with Gasteiger partial charge in [0.05, 0.1) is 5.56 Å². The van der Waals surface area contributed by atoms with Crippen molar-refractivity contribution < 1.29 is 32.3 Å². The minimum absolute atomic E-state index is 0.0721. The number of rotatable bonds is 5. The summed E-state index contributed by atoms with van der Waals surface area (Å²) in [7, 11) is 0. The van der Waals surface area contributed by atoms with Crippen LogP contribution in [-0.4, -0.2) is 35.3 Å². The summed E-state index contributed by atoms with van der Waals surface area (Å²) < 4.78 is 43.8. The van der Waals surface area contributed by atoms with Gasteiger partial charge in [-0.3, -0.25) is 10.1 Å². The second kappa shape index (κ2) is 9.02. The Hall–Kier alpha value is -3.30. The largest absolute Gasteiger partial charge is 0.452 e. The van der Waals surface area contributed by atoms with Gasteiger partial charge in [-0.05, 0) is 45.4 Å². The maximum atomic E-state index is 12.7. The fourth-order valence-corrected chi connectivity index (χ4v) is 2.91. The van der Waals surface area contributed by atoms with Crippen molar-refractivity contribution in [2.24, 2.45) is 0 Å². The molecule has 1 heterocycles. The molecule has 0 unspecified atom stereocenters. The van der Waals surface area contributed by atoms with E-state index in [-0.39, 0.29) is 17.0 Å². The highest BCUT2D eigenvalue weighted by Crippen LogP contribution is 2.23. The molecule has 1 aromatic heterocycles. The van der Waals surface area contributed by atoms with Crippen LogP contribution in [0.5, 0.6) is 0 Å². The first-order valence-corrected chi connectivity index (χ1v) is 8.96. The third kappa shape index (κ3) is 6.10. The van der Waals surface area contributed by atoms with Crippen LogP contribution in [0.3, 0.4) is 0 Å². The summed E-state index contributed by atoms with van der Waals surface area (Å²) >= 11 is 0. The number of hydrogen-bond donors (Lipinski definition) is 2. The van der Waals surface area contributed by atoms with E-state index in [1.165, 1.54) is 19.9 Å². The topological polar surface area (TPSA) is 89.4 Å². The maximum absolute atomic E-state index is 12.7. The lowest BCUT2D eigenvalue weighted by Gasteiger charge is -2.12. The molecule has 0 saturated carbocycles. The molecule has 3 amide bonds. The van der Waals surface area contributed by atoms with Gasteiger partial charge in [-0.1, -0.05) is 17.7 Å². The summed E-state index contributed by atoms with van der Waals surface area (Å²) in [5.41, 5.74) is 2.55. The predicted molar refractivity (Wildman–Crippen MR) is 103 cm³/mol. The molecule has 2 aromatic rings. The van der Waals surface area contributed by atoms with E-state index in [0.29, 0.717) is 5.69 Å². The molecule has 10 heteroatoms. The number of imide groups is 1. The smallest absolute Gasteiger partial charge is 0.406 e. The van der Waals surface area contributed by atoms with E-state index in [1.807, 2.05) is 18.3 Å². The predicted octanol–water partition coefficient (Wildman–Crippen LogP) is 3.79. The molecule has 0 radical (unpaired) electrons. The van der Waals surface area contributed by atoms with Crippen molar-refractivity contribution in [3.05, 3.63) is 52.3 Å². The van der Waals surface area contributed by atoms with Crippen LogP contribution in [0.25, 0.3) is 0 Å². The lowest BCUT2D eigenvalue weighted by Crippen LogP contribution is -2.37. The van der Waals surface area contributed by atoms with Gasteiger partial charge in [0.2, 0.25) is 0 Å². The molecule has 30 heavy (non-hydrogen) atoms. The number of amides is 3. The van der Waals surface area contributed by atoms with E-state index in [2.05, 4.69) is 5.32 Å². The highest BCUT2D eigenvalue weighted by Gasteiger charge is 2.30. The second-order valence-corrected chi connectivity index (χ2v) is 6.88. The number of urea groups is 1. The monoisotopic (exact) mass is 425 g/mol. The van der Waals surface area contributed by atoms with Gasteiger partial charge >= 0.3 is 18.2 Å². The highest BCUT2D eigenvalue weighted by atomic mass is 19.4. The SMILES string of the molecule is Cc1ccc(NC(=O)NC(=O)COC(=O)c2cc(C)n(CC(F)(F)F)c2C)c(C)c1. The number of carbonyl (C=O) groups is 3. The molecule has 162 valence electrons. The Morgan fingerprint density at radius 3 is 2.33 bits per heavy atom. The normalized spacial score (nSPS) is 11.2. The minimum Gasteiger partial charge on any atom is -0.452 e. The Bertz CT molecular complexity index is 980. The summed E-state index contributed by atoms with van der Waals surface area (Å²) in [5.74, 6) is -1.84. The van der Waals surface area contributed by atoms with E-state index in [4.69, 9.17) is 4.74 Å². The number of nitrogens with zero attached hydrogens (tertiary/aromatic N) is 1. The van der Waals surface area contributed by atoms with E-state index < -0.39 is 37.2 Å². The molecule has 2 rings (SSSR count). The quantitative estimate of drug-likeness (QED) is 0.714. The molecule has 0 aliphatic heterocycles. The number of nitrogens with one attached hydrogen (secondary N) is 2. The van der Waals surface area contributed by atoms with Gasteiger partial charge in [0, 0.05) is 17.1 Å². The third-order valence-electron chi connectivity index (χ3n) is 4.35. The Morgan fingerprint density at radius 2 is 1.73 bits per heavy atom. The Labute approximate surface area is 171 Å². The molecule has 0 atom stereocenters. The van der Waals surface area contributed by atoms with Crippen LogP contribution in [0, 0.1) is 27.7 Å². The number of anilines is 1. The van der Waals surface area contributed by atoms with Crippen LogP contribution in [0.2, 0.25) is 0 Å². The van der Waals surface area contributed by atoms with Crippen molar-refractivity contribution in [2.75, 3.05) is 11.9 Å². The first kappa shape index (κ1) is 23.0. The van der Waals surface area contributed by atoms with Crippen molar-refractivity contribution in [2.45, 2.75) is 40.4 Å². The zero-order valence-corrected chi connectivity index (χ0v) is 16.9. The van der Waals surface area contributed by atoms with E-state index in [9.17, 15) is 27.6 Å². The molecule has 0 aliphatic rings. The van der Waals surface area contributed by atoms with E-state index >= 15 is 0 Å². The van der Waals surface area contributed by atoms with Crippen LogP contribution >= 0.6 is 0 Å². The minimum atomic E-state index is -4.45. The molecule has 0 bridgehead atoms. The molecule has 0 aliphatic carbocycles. The van der Waals surface area contributed by atoms with Crippen LogP contribution in [-0.2, 0) is 16.1 Å². The molecule has 7 nitrogen and oxygen atoms in total. The lowest BCUT2D eigenvalue weighted by atomic mass is 10.1. The standard InChI is InChI=1S/C20H22F3N3O4/c1-11-5-6-16(12(2)7-11)24-19(29)25-17(27)9-30-18(28)15-8-13(3)26(14(15)4)10-20(21,22)23/h5-8H,9-10H2,1-4H3,(H2,24,25,27,29). The number of carbonyl (C=O) groups excluding carboxylic acids is 3. The molecular weight excluding hydrogens is 403 g/mol. The van der Waals surface area contributed by atoms with Crippen molar-refractivity contribution in [3.63, 3.8) is 0 Å². The van der Waals surface area contributed by atoms with Crippen LogP contribution in [0.15, 0.2) is 24.3 Å². The summed E-state index contributed by atoms with van der Waals surface area (Å²) in [6.45, 7) is 4.47. The first-order valence-electron chi connectivity index (χ1n) is 8.96. The lowest BCUT2D eigenvalue weighted by molar-refractivity contribution is -0.141. The van der Waals surface area contributed by atoms with E-state index in [0.717, 1.165) is 15.7 Å². The van der Waals surface area contributed by atoms with Crippen LogP contribution in [0.4, 0.5) is 23.7 Å². The number of alkyl halides is 3. The van der Waals surface area contributed by atoms with Crippen LogP contribution < -0.4 is 10.6 Å². The zero-order valence-electron chi connectivity index (χ0n) is 16.9. The fourth-order valence-electron chi connectivity index (χ4n) is 2.91. The Balaban J connectivity index is 1.92. The highest BCUT2D eigenvalue weighted by molar-refractivity contribution is 6.02. The number of ether oxygens (including phenoxy) is 1. The Morgan fingerprint density at radius 1 is 1.07 bits per heavy atom. The van der Waals surface area contributed by atoms with Gasteiger partial charge in [0.1, 0.15) is 6.54 Å². The molecule has 0 saturated heterocycles. The summed E-state index contributed by atoms with van der Waals surface area (Å²) in [4.78, 5) is 35.9. The third-order valence-corrected chi connectivity index (χ3v) is 4.35. The van der Waals surface area contributed by atoms with Crippen molar-refractivity contribution in [3.8, 4) is 0 Å². The number of hydrogen-bond acceptors (Lipinski definition) is 4. The summed E-state index contributed by atoms with van der Waals surface area (Å²) in [6.07, 6.45) is -4.45. The number of benzene rings is 1. The second-order valence-electron chi connectivity index (χ2n) is 6.88. The number of aryl methyl sites for hydroxylation is 3. The fraction of sp³-hybridized carbons (Fsp3) is 0.350. The average molecular weight is 425 g/mol. The van der Waals surface area contributed by atoms with Crippen LogP contribution in [0.1, 0.15) is 32.9 Å². The van der Waals surface area contributed by atoms with Crippen molar-refractivity contribution in [1.82, 2.24) is 9.88 Å². The molecule has 2 N–H and O–H groups in total. The zero-order chi connectivity index (χ0) is 22.6. The van der Waals surface area contributed by atoms with Crippen molar-refractivity contribution >= 4 is 23.6 Å². The first-order chi connectivity index (χ1) is 13.9. The summed E-state index contributed by atoms with van der Waals surface area (Å²) in [5, 5.41) is 4.53. The molecule has 0 fully saturated rings. The number of halogens is 3. The average Bonchev–Trinajstić information content (AvgIpc) is 2.89. The van der Waals surface area contributed by atoms with Gasteiger partial charge in [-0.2, -0.15) is 13.2 Å². The molecule has 1 aromatic carbocycles. The molecular formula is C20H22F3N3O4. The Kier molecular flexibility index (Phi) is 6.91. The van der Waals surface area contributed by atoms with Gasteiger partial charge in [-0.25, -0.2) is 9.59 Å². The van der Waals surface area contributed by atoms with E-state index in [1.54, 1.807) is 19.1 Å². The number of esters is 1. The maximum Gasteiger partial charge on any atom is 0.406 e. The van der Waals surface area contributed by atoms with Crippen molar-refractivity contribution in [1.29, 1.82) is 0 Å². The summed E-state index contributed by atoms with van der Waals surface area (Å²) in [6, 6.07) is 5.79. The number of aromatic nitrogens is 1. The van der Waals surface area contributed by atoms with Gasteiger partial charge in [-0.15, -0.1) is 0 Å². The molecule has 0 spiro atoms.